The van der Waals surface area contributed by atoms with Gasteiger partial charge in [-0.05, 0) is 38.5 Å². The minimum Gasteiger partial charge on any atom is -0.491 e. The van der Waals surface area contributed by atoms with Gasteiger partial charge in [0.15, 0.2) is 11.7 Å². The molecule has 1 atom stereocenters. The lowest BCUT2D eigenvalue weighted by Crippen LogP contribution is -2.39. The van der Waals surface area contributed by atoms with E-state index in [1.807, 2.05) is 20.8 Å². The zero-order chi connectivity index (χ0) is 22.3. The average molecular weight is 555 g/mol. The molecule has 0 aliphatic carbocycles. The number of nitrogens with one attached hydrogen (secondary N) is 2. The van der Waals surface area contributed by atoms with Crippen molar-refractivity contribution in [2.45, 2.75) is 45.7 Å². The number of aliphatic imine (C=N–C) groups is 1. The molecule has 0 aliphatic rings. The first-order valence-corrected chi connectivity index (χ1v) is 9.66. The lowest BCUT2D eigenvalue weighted by molar-refractivity contribution is -0.142. The molecule has 0 spiro atoms. The van der Waals surface area contributed by atoms with Gasteiger partial charge in [-0.15, -0.1) is 24.0 Å². The highest BCUT2D eigenvalue weighted by atomic mass is 127. The smallest absolute Gasteiger partial charge is 0.435 e. The molecule has 0 fully saturated rings. The number of aromatic nitrogens is 2. The molecule has 1 aromatic carbocycles. The normalized spacial score (nSPS) is 13.0. The van der Waals surface area contributed by atoms with Crippen molar-refractivity contribution in [3.63, 3.8) is 0 Å². The highest BCUT2D eigenvalue weighted by Gasteiger charge is 2.36. The first-order chi connectivity index (χ1) is 14.1. The number of aliphatic hydroxyl groups excluding tert-OH is 1. The summed E-state index contributed by atoms with van der Waals surface area (Å²) in [7, 11) is 1.43. The van der Waals surface area contributed by atoms with Crippen LogP contribution in [-0.4, -0.2) is 40.0 Å². The Kier molecular flexibility index (Phi) is 10.6. The van der Waals surface area contributed by atoms with Crippen molar-refractivity contribution in [3.05, 3.63) is 47.3 Å². The fraction of sp³-hybridized carbons (Fsp3) is 0.500. The Morgan fingerprint density at radius 1 is 1.23 bits per heavy atom. The van der Waals surface area contributed by atoms with Gasteiger partial charge < -0.3 is 20.5 Å². The molecule has 7 nitrogen and oxygen atoms in total. The Balaban J connectivity index is 0.00000480. The molecule has 1 heterocycles. The molecule has 0 aliphatic heterocycles. The second-order valence-corrected chi connectivity index (χ2v) is 7.00. The van der Waals surface area contributed by atoms with Crippen molar-refractivity contribution in [1.29, 1.82) is 0 Å². The van der Waals surface area contributed by atoms with Crippen molar-refractivity contribution < 1.29 is 23.0 Å². The summed E-state index contributed by atoms with van der Waals surface area (Å²) >= 11 is 0. The maximum absolute atomic E-state index is 13.1. The van der Waals surface area contributed by atoms with Crippen LogP contribution in [0.4, 0.5) is 13.2 Å². The summed E-state index contributed by atoms with van der Waals surface area (Å²) in [6, 6.07) is 7.08. The van der Waals surface area contributed by atoms with E-state index in [0.717, 1.165) is 4.68 Å². The monoisotopic (exact) mass is 555 g/mol. The van der Waals surface area contributed by atoms with Crippen molar-refractivity contribution >= 4 is 29.9 Å². The van der Waals surface area contributed by atoms with E-state index in [2.05, 4.69) is 20.7 Å². The van der Waals surface area contributed by atoms with Crippen molar-refractivity contribution in [3.8, 4) is 5.75 Å². The van der Waals surface area contributed by atoms with Gasteiger partial charge in [-0.1, -0.05) is 12.1 Å². The maximum Gasteiger partial charge on any atom is 0.435 e. The van der Waals surface area contributed by atoms with Crippen LogP contribution in [0.1, 0.15) is 43.7 Å². The molecular formula is C20H29F3IN5O2. The van der Waals surface area contributed by atoms with E-state index in [1.165, 1.54) is 13.2 Å². The Morgan fingerprint density at radius 3 is 2.42 bits per heavy atom. The van der Waals surface area contributed by atoms with E-state index in [4.69, 9.17) is 4.74 Å². The molecule has 3 N–H and O–H groups in total. The molecule has 0 bridgehead atoms. The SMILES string of the molecule is CCNC(=NCc1cn(C)nc1C(F)(F)F)NCC(O)c1ccc(OC(C)C)cc1.I. The third-order valence-electron chi connectivity index (χ3n) is 4.02. The van der Waals surface area contributed by atoms with Crippen LogP contribution >= 0.6 is 24.0 Å². The molecule has 0 amide bonds. The highest BCUT2D eigenvalue weighted by Crippen LogP contribution is 2.30. The molecule has 2 aromatic rings. The molecule has 174 valence electrons. The second kappa shape index (κ2) is 12.1. The Labute approximate surface area is 197 Å². The van der Waals surface area contributed by atoms with Crippen LogP contribution in [0, 0.1) is 0 Å². The van der Waals surface area contributed by atoms with E-state index in [1.54, 1.807) is 24.3 Å². The van der Waals surface area contributed by atoms with E-state index >= 15 is 0 Å². The van der Waals surface area contributed by atoms with Gasteiger partial charge in [0.05, 0.1) is 18.8 Å². The van der Waals surface area contributed by atoms with Crippen LogP contribution in [0.2, 0.25) is 0 Å². The Hall–Kier alpha value is -2.02. The summed E-state index contributed by atoms with van der Waals surface area (Å²) in [5.41, 5.74) is -0.294. The fourth-order valence-corrected chi connectivity index (χ4v) is 2.75. The van der Waals surface area contributed by atoms with Gasteiger partial charge in [-0.2, -0.15) is 18.3 Å². The van der Waals surface area contributed by atoms with Gasteiger partial charge in [-0.25, -0.2) is 4.99 Å². The van der Waals surface area contributed by atoms with Crippen LogP contribution < -0.4 is 15.4 Å². The third kappa shape index (κ3) is 8.56. The summed E-state index contributed by atoms with van der Waals surface area (Å²) in [6.45, 7) is 6.15. The van der Waals surface area contributed by atoms with E-state index in [9.17, 15) is 18.3 Å². The summed E-state index contributed by atoms with van der Waals surface area (Å²) in [4.78, 5) is 4.19. The standard InChI is InChI=1S/C20H28F3N5O2.HI/c1-5-24-19(25-10-15-12-28(4)27-18(15)20(21,22)23)26-11-17(29)14-6-8-16(9-7-14)30-13(2)3;/h6-9,12-13,17,29H,5,10-11H2,1-4H3,(H2,24,25,26);1H. The number of hydrogen-bond donors (Lipinski definition) is 3. The zero-order valence-electron chi connectivity index (χ0n) is 17.9. The third-order valence-corrected chi connectivity index (χ3v) is 4.02. The van der Waals surface area contributed by atoms with Gasteiger partial charge >= 0.3 is 6.18 Å². The quantitative estimate of drug-likeness (QED) is 0.263. The van der Waals surface area contributed by atoms with Crippen LogP contribution in [0.15, 0.2) is 35.5 Å². The first kappa shape index (κ1) is 27.0. The molecular weight excluding hydrogens is 526 g/mol. The highest BCUT2D eigenvalue weighted by molar-refractivity contribution is 14.0. The van der Waals surface area contributed by atoms with Gasteiger partial charge in [0.2, 0.25) is 0 Å². The van der Waals surface area contributed by atoms with Gasteiger partial charge in [0.1, 0.15) is 5.75 Å². The number of alkyl halides is 3. The topological polar surface area (TPSA) is 83.7 Å². The predicted octanol–water partition coefficient (Wildman–Crippen LogP) is 3.63. The Morgan fingerprint density at radius 2 is 1.87 bits per heavy atom. The molecule has 11 heteroatoms. The summed E-state index contributed by atoms with van der Waals surface area (Å²) < 4.78 is 45.9. The first-order valence-electron chi connectivity index (χ1n) is 9.66. The van der Waals surface area contributed by atoms with Gasteiger partial charge in [0, 0.05) is 31.9 Å². The zero-order valence-corrected chi connectivity index (χ0v) is 20.2. The van der Waals surface area contributed by atoms with Crippen LogP contribution in [-0.2, 0) is 19.8 Å². The number of aryl methyl sites for hydroxylation is 1. The predicted molar refractivity (Wildman–Crippen MR) is 124 cm³/mol. The van der Waals surface area contributed by atoms with Crippen LogP contribution in [0.25, 0.3) is 0 Å². The summed E-state index contributed by atoms with van der Waals surface area (Å²) in [6.07, 6.45) is -4.02. The van der Waals surface area contributed by atoms with Crippen LogP contribution in [0.5, 0.6) is 5.75 Å². The summed E-state index contributed by atoms with van der Waals surface area (Å²) in [5, 5.41) is 19.8. The molecule has 0 radical (unpaired) electrons. The van der Waals surface area contributed by atoms with E-state index in [0.29, 0.717) is 23.8 Å². The van der Waals surface area contributed by atoms with E-state index < -0.39 is 18.0 Å². The van der Waals surface area contributed by atoms with E-state index in [-0.39, 0.29) is 48.7 Å². The molecule has 2 rings (SSSR count). The molecule has 31 heavy (non-hydrogen) atoms. The number of nitrogens with zero attached hydrogens (tertiary/aromatic N) is 3. The lowest BCUT2D eigenvalue weighted by Gasteiger charge is -2.16. The van der Waals surface area contributed by atoms with Crippen molar-refractivity contribution in [1.82, 2.24) is 20.4 Å². The number of halogens is 4. The number of rotatable bonds is 8. The van der Waals surface area contributed by atoms with Crippen molar-refractivity contribution in [2.75, 3.05) is 13.1 Å². The largest absolute Gasteiger partial charge is 0.491 e. The lowest BCUT2D eigenvalue weighted by atomic mass is 10.1. The van der Waals surface area contributed by atoms with Crippen LogP contribution in [0.3, 0.4) is 0 Å². The Bertz CT molecular complexity index is 838. The van der Waals surface area contributed by atoms with Crippen molar-refractivity contribution in [2.24, 2.45) is 12.0 Å². The minimum atomic E-state index is -4.54. The summed E-state index contributed by atoms with van der Waals surface area (Å²) in [5.74, 6) is 1.01. The molecule has 1 aromatic heterocycles. The van der Waals surface area contributed by atoms with Gasteiger partial charge in [-0.3, -0.25) is 4.68 Å². The molecule has 1 unspecified atom stereocenters. The number of guanidine groups is 1. The van der Waals surface area contributed by atoms with Gasteiger partial charge in [0.25, 0.3) is 0 Å². The minimum absolute atomic E-state index is 0. The molecule has 0 saturated heterocycles. The molecule has 0 saturated carbocycles. The number of benzene rings is 1. The maximum atomic E-state index is 13.1. The second-order valence-electron chi connectivity index (χ2n) is 7.00. The number of hydrogen-bond acceptors (Lipinski definition) is 4. The number of aliphatic hydroxyl groups is 1. The number of ether oxygens (including phenoxy) is 1. The average Bonchev–Trinajstić information content (AvgIpc) is 3.05. The fourth-order valence-electron chi connectivity index (χ4n) is 2.75.